The lowest BCUT2D eigenvalue weighted by atomic mass is 9.67. The number of carbonyl (C=O) groups is 2. The lowest BCUT2D eigenvalue weighted by Gasteiger charge is -2.39. The van der Waals surface area contributed by atoms with Crippen molar-refractivity contribution in [1.29, 1.82) is 0 Å². The summed E-state index contributed by atoms with van der Waals surface area (Å²) in [6.07, 6.45) is 8.58. The van der Waals surface area contributed by atoms with E-state index >= 15 is 0 Å². The number of carboxylic acids is 1. The Bertz CT molecular complexity index is 417. The number of hydrogen-bond acceptors (Lipinski definition) is 3. The Labute approximate surface area is 139 Å². The van der Waals surface area contributed by atoms with Crippen LogP contribution in [-0.2, 0) is 9.53 Å². The highest BCUT2D eigenvalue weighted by molar-refractivity contribution is 5.79. The van der Waals surface area contributed by atoms with E-state index in [0.29, 0.717) is 12.3 Å². The summed E-state index contributed by atoms with van der Waals surface area (Å²) >= 11 is 0. The van der Waals surface area contributed by atoms with Gasteiger partial charge in [0.05, 0.1) is 0 Å². The van der Waals surface area contributed by atoms with Gasteiger partial charge in [0.1, 0.15) is 11.6 Å². The molecule has 132 valence electrons. The third-order valence-corrected chi connectivity index (χ3v) is 5.08. The summed E-state index contributed by atoms with van der Waals surface area (Å²) in [7, 11) is 0. The van der Waals surface area contributed by atoms with Crippen LogP contribution in [0.1, 0.15) is 72.1 Å². The summed E-state index contributed by atoms with van der Waals surface area (Å²) in [5.41, 5.74) is -0.617. The number of carboxylic acid groups (broad SMARTS) is 1. The molecular formula is C18H31NO4. The number of ether oxygens (including phenoxy) is 1. The van der Waals surface area contributed by atoms with Crippen molar-refractivity contribution in [3.63, 3.8) is 0 Å². The van der Waals surface area contributed by atoms with Gasteiger partial charge in [-0.15, -0.1) is 0 Å². The molecule has 2 aliphatic carbocycles. The maximum atomic E-state index is 11.8. The lowest BCUT2D eigenvalue weighted by Crippen LogP contribution is -2.43. The second-order valence-electron chi connectivity index (χ2n) is 8.35. The second-order valence-corrected chi connectivity index (χ2v) is 8.35. The standard InChI is InChI=1S/C18H31NO4/c1-18(2,3)23-17(22)19-15(16(20)21)8-7-14-10-12-5-4-6-13(9-12)11-14/h12-15H,4-11H2,1-3H3,(H,19,22)(H,20,21)/t12?,13?,14?,15-/m0/s1. The Hall–Kier alpha value is -1.26. The molecule has 23 heavy (non-hydrogen) atoms. The van der Waals surface area contributed by atoms with E-state index in [-0.39, 0.29) is 0 Å². The minimum atomic E-state index is -0.980. The van der Waals surface area contributed by atoms with Crippen molar-refractivity contribution in [1.82, 2.24) is 5.32 Å². The number of hydrogen-bond donors (Lipinski definition) is 2. The zero-order chi connectivity index (χ0) is 17.0. The fraction of sp³-hybridized carbons (Fsp3) is 0.889. The fourth-order valence-electron chi connectivity index (χ4n) is 4.21. The van der Waals surface area contributed by atoms with Gasteiger partial charge in [-0.2, -0.15) is 0 Å². The number of alkyl carbamates (subject to hydrolysis) is 1. The molecule has 0 aromatic carbocycles. The van der Waals surface area contributed by atoms with E-state index < -0.39 is 23.7 Å². The minimum absolute atomic E-state index is 0.485. The van der Waals surface area contributed by atoms with Crippen molar-refractivity contribution in [2.75, 3.05) is 0 Å². The van der Waals surface area contributed by atoms with Crippen LogP contribution < -0.4 is 5.32 Å². The summed E-state index contributed by atoms with van der Waals surface area (Å²) in [4.78, 5) is 23.2. The molecule has 3 atom stereocenters. The highest BCUT2D eigenvalue weighted by atomic mass is 16.6. The van der Waals surface area contributed by atoms with E-state index in [1.165, 1.54) is 38.5 Å². The SMILES string of the molecule is CC(C)(C)OC(=O)N[C@@H](CCC1CC2CCCC(C2)C1)C(=O)O. The van der Waals surface area contributed by atoms with Gasteiger partial charge in [0.15, 0.2) is 0 Å². The van der Waals surface area contributed by atoms with Crippen molar-refractivity contribution in [3.05, 3.63) is 0 Å². The Morgan fingerprint density at radius 1 is 1.17 bits per heavy atom. The molecule has 0 aliphatic heterocycles. The van der Waals surface area contributed by atoms with Crippen molar-refractivity contribution in [3.8, 4) is 0 Å². The number of aliphatic carboxylic acids is 1. The van der Waals surface area contributed by atoms with Gasteiger partial charge in [0.2, 0.25) is 0 Å². The fourth-order valence-corrected chi connectivity index (χ4v) is 4.21. The first-order valence-electron chi connectivity index (χ1n) is 8.95. The van der Waals surface area contributed by atoms with Crippen molar-refractivity contribution in [2.24, 2.45) is 17.8 Å². The number of amides is 1. The summed E-state index contributed by atoms with van der Waals surface area (Å²) in [5, 5.41) is 11.8. The van der Waals surface area contributed by atoms with Crippen LogP contribution in [0.5, 0.6) is 0 Å². The summed E-state index contributed by atoms with van der Waals surface area (Å²) < 4.78 is 5.16. The first kappa shape index (κ1) is 18.1. The zero-order valence-electron chi connectivity index (χ0n) is 14.6. The highest BCUT2D eigenvalue weighted by Gasteiger charge is 2.32. The molecule has 2 bridgehead atoms. The number of nitrogens with one attached hydrogen (secondary N) is 1. The third kappa shape index (κ3) is 6.04. The molecule has 0 heterocycles. The van der Waals surface area contributed by atoms with Crippen molar-refractivity contribution in [2.45, 2.75) is 83.8 Å². The van der Waals surface area contributed by atoms with E-state index in [2.05, 4.69) is 5.32 Å². The molecule has 2 unspecified atom stereocenters. The van der Waals surface area contributed by atoms with Crippen LogP contribution in [-0.4, -0.2) is 28.8 Å². The summed E-state index contributed by atoms with van der Waals surface area (Å²) in [6.45, 7) is 5.30. The zero-order valence-corrected chi connectivity index (χ0v) is 14.6. The molecule has 0 aromatic rings. The molecule has 2 aliphatic rings. The number of rotatable bonds is 5. The van der Waals surface area contributed by atoms with E-state index in [0.717, 1.165) is 18.3 Å². The quantitative estimate of drug-likeness (QED) is 0.802. The number of carbonyl (C=O) groups excluding carboxylic acids is 1. The van der Waals surface area contributed by atoms with Crippen LogP contribution in [0.2, 0.25) is 0 Å². The summed E-state index contributed by atoms with van der Waals surface area (Å²) in [6, 6.07) is -0.855. The van der Waals surface area contributed by atoms with Crippen LogP contribution in [0.4, 0.5) is 4.79 Å². The van der Waals surface area contributed by atoms with Gasteiger partial charge < -0.3 is 15.2 Å². The molecule has 5 heteroatoms. The topological polar surface area (TPSA) is 75.6 Å². The first-order valence-corrected chi connectivity index (χ1v) is 8.95. The van der Waals surface area contributed by atoms with Gasteiger partial charge >= 0.3 is 12.1 Å². The lowest BCUT2D eigenvalue weighted by molar-refractivity contribution is -0.139. The molecule has 2 N–H and O–H groups in total. The van der Waals surface area contributed by atoms with E-state index in [1.54, 1.807) is 20.8 Å². The highest BCUT2D eigenvalue weighted by Crippen LogP contribution is 2.43. The number of fused-ring (bicyclic) bond motifs is 2. The molecule has 5 nitrogen and oxygen atoms in total. The summed E-state index contributed by atoms with van der Waals surface area (Å²) in [5.74, 6) is 1.32. The predicted octanol–water partition coefficient (Wildman–Crippen LogP) is 3.96. The first-order chi connectivity index (χ1) is 10.7. The van der Waals surface area contributed by atoms with Gasteiger partial charge in [-0.3, -0.25) is 0 Å². The molecule has 0 spiro atoms. The third-order valence-electron chi connectivity index (χ3n) is 5.08. The smallest absolute Gasteiger partial charge is 0.408 e. The Balaban J connectivity index is 1.80. The molecular weight excluding hydrogens is 294 g/mol. The molecule has 0 radical (unpaired) electrons. The van der Waals surface area contributed by atoms with Gasteiger partial charge in [-0.05, 0) is 70.6 Å². The van der Waals surface area contributed by atoms with Gasteiger partial charge in [-0.25, -0.2) is 9.59 Å². The van der Waals surface area contributed by atoms with Crippen LogP contribution in [0, 0.1) is 17.8 Å². The maximum absolute atomic E-state index is 11.8. The van der Waals surface area contributed by atoms with Crippen LogP contribution >= 0.6 is 0 Å². The Morgan fingerprint density at radius 2 is 1.78 bits per heavy atom. The molecule has 0 aromatic heterocycles. The van der Waals surface area contributed by atoms with Crippen LogP contribution in [0.25, 0.3) is 0 Å². The maximum Gasteiger partial charge on any atom is 0.408 e. The van der Waals surface area contributed by atoms with Crippen LogP contribution in [0.15, 0.2) is 0 Å². The molecule has 1 amide bonds. The Morgan fingerprint density at radius 3 is 2.30 bits per heavy atom. The minimum Gasteiger partial charge on any atom is -0.480 e. The van der Waals surface area contributed by atoms with E-state index in [4.69, 9.17) is 4.74 Å². The predicted molar refractivity (Wildman–Crippen MR) is 88.2 cm³/mol. The van der Waals surface area contributed by atoms with Gasteiger partial charge in [-0.1, -0.05) is 19.3 Å². The van der Waals surface area contributed by atoms with E-state index in [9.17, 15) is 14.7 Å². The molecule has 2 fully saturated rings. The Kier molecular flexibility index (Phi) is 5.93. The van der Waals surface area contributed by atoms with E-state index in [1.807, 2.05) is 0 Å². The molecule has 0 saturated heterocycles. The second kappa shape index (κ2) is 7.54. The monoisotopic (exact) mass is 325 g/mol. The molecule has 2 rings (SSSR count). The van der Waals surface area contributed by atoms with Crippen LogP contribution in [0.3, 0.4) is 0 Å². The van der Waals surface area contributed by atoms with Crippen molar-refractivity contribution >= 4 is 12.1 Å². The average molecular weight is 325 g/mol. The van der Waals surface area contributed by atoms with Crippen molar-refractivity contribution < 1.29 is 19.4 Å². The van der Waals surface area contributed by atoms with Gasteiger partial charge in [0, 0.05) is 0 Å². The largest absolute Gasteiger partial charge is 0.480 e. The molecule has 2 saturated carbocycles. The average Bonchev–Trinajstić information content (AvgIpc) is 2.40. The van der Waals surface area contributed by atoms with Gasteiger partial charge in [0.25, 0.3) is 0 Å². The normalized spacial score (nSPS) is 28.7.